The van der Waals surface area contributed by atoms with Gasteiger partial charge in [0.05, 0.1) is 19.2 Å². The molecule has 5 nitrogen and oxygen atoms in total. The molecule has 1 rings (SSSR count). The highest BCUT2D eigenvalue weighted by Crippen LogP contribution is 2.20. The molecule has 0 atom stereocenters. The Morgan fingerprint density at radius 3 is 2.94 bits per heavy atom. The topological polar surface area (TPSA) is 51.7 Å². The summed E-state index contributed by atoms with van der Waals surface area (Å²) in [7, 11) is 5.12. The van der Waals surface area contributed by atoms with Crippen LogP contribution in [0, 0.1) is 0 Å². The van der Waals surface area contributed by atoms with Gasteiger partial charge in [0.25, 0.3) is 0 Å². The number of esters is 1. The maximum Gasteiger partial charge on any atom is 0.305 e. The van der Waals surface area contributed by atoms with Crippen molar-refractivity contribution in [2.75, 3.05) is 39.3 Å². The SMILES string of the molecule is COCCCN(C)c1nc(CCC(=O)OC)cs1. The fraction of sp³-hybridized carbons (Fsp3) is 0.667. The summed E-state index contributed by atoms with van der Waals surface area (Å²) in [5.74, 6) is -0.196. The van der Waals surface area contributed by atoms with E-state index in [4.69, 9.17) is 4.74 Å². The zero-order valence-corrected chi connectivity index (χ0v) is 12.0. The van der Waals surface area contributed by atoms with Crippen LogP contribution in [0.2, 0.25) is 0 Å². The first kappa shape index (κ1) is 14.9. The minimum atomic E-state index is -0.196. The second-order valence-electron chi connectivity index (χ2n) is 3.97. The van der Waals surface area contributed by atoms with Crippen LogP contribution in [0.5, 0.6) is 0 Å². The van der Waals surface area contributed by atoms with Gasteiger partial charge in [0.1, 0.15) is 0 Å². The van der Waals surface area contributed by atoms with Crippen molar-refractivity contribution in [3.05, 3.63) is 11.1 Å². The average molecular weight is 272 g/mol. The largest absolute Gasteiger partial charge is 0.469 e. The zero-order chi connectivity index (χ0) is 13.4. The molecule has 0 fully saturated rings. The fourth-order valence-electron chi connectivity index (χ4n) is 1.46. The van der Waals surface area contributed by atoms with E-state index in [9.17, 15) is 4.79 Å². The van der Waals surface area contributed by atoms with E-state index in [0.29, 0.717) is 12.8 Å². The van der Waals surface area contributed by atoms with Crippen LogP contribution in [-0.2, 0) is 20.7 Å². The van der Waals surface area contributed by atoms with E-state index in [0.717, 1.165) is 30.4 Å². The summed E-state index contributed by atoms with van der Waals surface area (Å²) < 4.78 is 9.62. The molecule has 0 aliphatic carbocycles. The third-order valence-corrected chi connectivity index (χ3v) is 3.52. The van der Waals surface area contributed by atoms with Gasteiger partial charge in [0.2, 0.25) is 0 Å². The number of nitrogens with zero attached hydrogens (tertiary/aromatic N) is 2. The van der Waals surface area contributed by atoms with E-state index in [-0.39, 0.29) is 5.97 Å². The van der Waals surface area contributed by atoms with Gasteiger partial charge in [-0.15, -0.1) is 11.3 Å². The molecule has 1 aromatic heterocycles. The Kier molecular flexibility index (Phi) is 6.67. The molecule has 1 aromatic rings. The van der Waals surface area contributed by atoms with Gasteiger partial charge < -0.3 is 14.4 Å². The van der Waals surface area contributed by atoms with Crippen molar-refractivity contribution in [3.63, 3.8) is 0 Å². The van der Waals surface area contributed by atoms with Gasteiger partial charge in [-0.1, -0.05) is 0 Å². The lowest BCUT2D eigenvalue weighted by molar-refractivity contribution is -0.140. The van der Waals surface area contributed by atoms with Crippen molar-refractivity contribution in [2.45, 2.75) is 19.3 Å². The summed E-state index contributed by atoms with van der Waals surface area (Å²) in [6, 6.07) is 0. The molecule has 0 saturated carbocycles. The second kappa shape index (κ2) is 8.05. The maximum absolute atomic E-state index is 11.0. The lowest BCUT2D eigenvalue weighted by Crippen LogP contribution is -2.19. The zero-order valence-electron chi connectivity index (χ0n) is 11.1. The number of methoxy groups -OCH3 is 2. The Bertz CT molecular complexity index is 368. The molecule has 0 N–H and O–H groups in total. The van der Waals surface area contributed by atoms with Crippen molar-refractivity contribution < 1.29 is 14.3 Å². The van der Waals surface area contributed by atoms with Crippen LogP contribution in [0.3, 0.4) is 0 Å². The highest BCUT2D eigenvalue weighted by molar-refractivity contribution is 7.13. The monoisotopic (exact) mass is 272 g/mol. The lowest BCUT2D eigenvalue weighted by Gasteiger charge is -2.14. The number of hydrogen-bond acceptors (Lipinski definition) is 6. The van der Waals surface area contributed by atoms with E-state index in [1.165, 1.54) is 7.11 Å². The summed E-state index contributed by atoms with van der Waals surface area (Å²) >= 11 is 1.60. The minimum absolute atomic E-state index is 0.196. The Morgan fingerprint density at radius 1 is 1.50 bits per heavy atom. The molecule has 0 bridgehead atoms. The molecule has 0 aliphatic heterocycles. The second-order valence-corrected chi connectivity index (χ2v) is 4.80. The van der Waals surface area contributed by atoms with Crippen LogP contribution in [0.4, 0.5) is 5.13 Å². The summed E-state index contributed by atoms with van der Waals surface area (Å²) in [6.07, 6.45) is 1.99. The molecule has 0 amide bonds. The fourth-order valence-corrected chi connectivity index (χ4v) is 2.31. The molecule has 0 aliphatic rings. The first-order valence-corrected chi connectivity index (χ1v) is 6.76. The third kappa shape index (κ3) is 5.01. The maximum atomic E-state index is 11.0. The van der Waals surface area contributed by atoms with E-state index in [1.54, 1.807) is 18.4 Å². The van der Waals surface area contributed by atoms with Crippen molar-refractivity contribution in [1.29, 1.82) is 0 Å². The summed E-state index contributed by atoms with van der Waals surface area (Å²) in [5, 5.41) is 2.97. The van der Waals surface area contributed by atoms with Gasteiger partial charge in [-0.05, 0) is 6.42 Å². The van der Waals surface area contributed by atoms with E-state index in [1.807, 2.05) is 12.4 Å². The van der Waals surface area contributed by atoms with Crippen molar-refractivity contribution in [1.82, 2.24) is 4.98 Å². The Labute approximate surface area is 112 Å². The summed E-state index contributed by atoms with van der Waals surface area (Å²) in [5.41, 5.74) is 0.944. The molecule has 0 saturated heterocycles. The molecule has 0 radical (unpaired) electrons. The predicted octanol–water partition coefficient (Wildman–Crippen LogP) is 1.72. The third-order valence-electron chi connectivity index (χ3n) is 2.52. The van der Waals surface area contributed by atoms with Crippen LogP contribution >= 0.6 is 11.3 Å². The average Bonchev–Trinajstić information content (AvgIpc) is 2.85. The normalized spacial score (nSPS) is 10.4. The quantitative estimate of drug-likeness (QED) is 0.533. The summed E-state index contributed by atoms with van der Waals surface area (Å²) in [4.78, 5) is 17.6. The molecular weight excluding hydrogens is 252 g/mol. The number of thiazole rings is 1. The highest BCUT2D eigenvalue weighted by Gasteiger charge is 2.08. The van der Waals surface area contributed by atoms with Gasteiger partial charge in [0, 0.05) is 39.1 Å². The van der Waals surface area contributed by atoms with Gasteiger partial charge >= 0.3 is 5.97 Å². The minimum Gasteiger partial charge on any atom is -0.469 e. The Balaban J connectivity index is 2.39. The molecule has 6 heteroatoms. The molecule has 18 heavy (non-hydrogen) atoms. The van der Waals surface area contributed by atoms with Gasteiger partial charge in [-0.3, -0.25) is 4.79 Å². The van der Waals surface area contributed by atoms with E-state index in [2.05, 4.69) is 14.6 Å². The molecule has 0 aromatic carbocycles. The van der Waals surface area contributed by atoms with Crippen LogP contribution < -0.4 is 4.90 Å². The Hall–Kier alpha value is -1.14. The lowest BCUT2D eigenvalue weighted by atomic mass is 10.2. The van der Waals surface area contributed by atoms with Crippen LogP contribution in [0.15, 0.2) is 5.38 Å². The molecular formula is C12H20N2O3S. The summed E-state index contributed by atoms with van der Waals surface area (Å²) in [6.45, 7) is 1.67. The predicted molar refractivity (Wildman–Crippen MR) is 72.2 cm³/mol. The van der Waals surface area contributed by atoms with Crippen LogP contribution in [-0.4, -0.2) is 45.4 Å². The standard InChI is InChI=1S/C12H20N2O3S/c1-14(7-4-8-16-2)12-13-10(9-18-12)5-6-11(15)17-3/h9H,4-8H2,1-3H3. The number of aromatic nitrogens is 1. The van der Waals surface area contributed by atoms with E-state index >= 15 is 0 Å². The number of anilines is 1. The first-order chi connectivity index (χ1) is 8.67. The number of carbonyl (C=O) groups is 1. The number of hydrogen-bond donors (Lipinski definition) is 0. The highest BCUT2D eigenvalue weighted by atomic mass is 32.1. The smallest absolute Gasteiger partial charge is 0.305 e. The van der Waals surface area contributed by atoms with Gasteiger partial charge in [-0.25, -0.2) is 4.98 Å². The first-order valence-electron chi connectivity index (χ1n) is 5.88. The van der Waals surface area contributed by atoms with Crippen molar-refractivity contribution >= 4 is 22.4 Å². The van der Waals surface area contributed by atoms with Crippen LogP contribution in [0.25, 0.3) is 0 Å². The number of aryl methyl sites for hydroxylation is 1. The van der Waals surface area contributed by atoms with Gasteiger partial charge in [0.15, 0.2) is 5.13 Å². The van der Waals surface area contributed by atoms with E-state index < -0.39 is 0 Å². The molecule has 0 unspecified atom stereocenters. The molecule has 0 spiro atoms. The number of rotatable bonds is 8. The van der Waals surface area contributed by atoms with Gasteiger partial charge in [-0.2, -0.15) is 0 Å². The molecule has 102 valence electrons. The van der Waals surface area contributed by atoms with Crippen molar-refractivity contribution in [2.24, 2.45) is 0 Å². The Morgan fingerprint density at radius 2 is 2.28 bits per heavy atom. The molecule has 1 heterocycles. The van der Waals surface area contributed by atoms with Crippen molar-refractivity contribution in [3.8, 4) is 0 Å². The number of carbonyl (C=O) groups excluding carboxylic acids is 1. The number of ether oxygens (including phenoxy) is 2. The van der Waals surface area contributed by atoms with Crippen LogP contribution in [0.1, 0.15) is 18.5 Å².